The van der Waals surface area contributed by atoms with Gasteiger partial charge in [0.05, 0.1) is 10.0 Å². The first-order chi connectivity index (χ1) is 8.11. The molecule has 6 heteroatoms. The van der Waals surface area contributed by atoms with Gasteiger partial charge in [0.25, 0.3) is 0 Å². The van der Waals surface area contributed by atoms with Crippen molar-refractivity contribution in [1.82, 2.24) is 10.2 Å². The number of piperazine rings is 1. The lowest BCUT2D eigenvalue weighted by molar-refractivity contribution is 0.182. The van der Waals surface area contributed by atoms with E-state index < -0.39 is 0 Å². The van der Waals surface area contributed by atoms with Gasteiger partial charge in [-0.1, -0.05) is 23.2 Å². The second-order valence-corrected chi connectivity index (χ2v) is 5.00. The molecule has 0 amide bonds. The highest BCUT2D eigenvalue weighted by Gasteiger charge is 2.23. The second-order valence-electron chi connectivity index (χ2n) is 4.22. The molecule has 1 aliphatic rings. The van der Waals surface area contributed by atoms with Crippen LogP contribution in [0.2, 0.25) is 10.0 Å². The Morgan fingerprint density at radius 1 is 1.28 bits per heavy atom. The van der Waals surface area contributed by atoms with Gasteiger partial charge in [-0.2, -0.15) is 0 Å². The average Bonchev–Trinajstić information content (AvgIpc) is 2.35. The normalized spacial score (nSPS) is 18.2. The predicted molar refractivity (Wildman–Crippen MR) is 76.5 cm³/mol. The van der Waals surface area contributed by atoms with Crippen molar-refractivity contribution in [1.29, 1.82) is 0 Å². The molecule has 0 bridgehead atoms. The average molecular weight is 314 g/mol. The Labute approximate surface area is 123 Å². The minimum atomic E-state index is -0.287. The third kappa shape index (κ3) is 3.28. The fourth-order valence-corrected chi connectivity index (χ4v) is 2.65. The van der Waals surface area contributed by atoms with Gasteiger partial charge in [-0.15, -0.1) is 12.4 Å². The van der Waals surface area contributed by atoms with E-state index in [-0.39, 0.29) is 24.3 Å². The maximum atomic E-state index is 13.9. The molecule has 0 radical (unpaired) electrons. The van der Waals surface area contributed by atoms with Crippen LogP contribution in [0, 0.1) is 5.82 Å². The van der Waals surface area contributed by atoms with Crippen molar-refractivity contribution >= 4 is 35.6 Å². The van der Waals surface area contributed by atoms with Crippen LogP contribution in [0.3, 0.4) is 0 Å². The maximum absolute atomic E-state index is 13.9. The molecule has 0 saturated carbocycles. The summed E-state index contributed by atoms with van der Waals surface area (Å²) in [4.78, 5) is 2.21. The van der Waals surface area contributed by atoms with Gasteiger partial charge in [-0.3, -0.25) is 4.90 Å². The lowest BCUT2D eigenvalue weighted by Crippen LogP contribution is -2.44. The molecule has 18 heavy (non-hydrogen) atoms. The van der Waals surface area contributed by atoms with Crippen molar-refractivity contribution in [2.24, 2.45) is 0 Å². The summed E-state index contributed by atoms with van der Waals surface area (Å²) >= 11 is 12.0. The highest BCUT2D eigenvalue weighted by atomic mass is 35.5. The van der Waals surface area contributed by atoms with Crippen LogP contribution in [0.25, 0.3) is 0 Å². The summed E-state index contributed by atoms with van der Waals surface area (Å²) in [6.45, 7) is 5.59. The molecule has 1 aromatic rings. The first-order valence-electron chi connectivity index (χ1n) is 5.69. The molecule has 1 atom stereocenters. The van der Waals surface area contributed by atoms with Gasteiger partial charge >= 0.3 is 0 Å². The molecule has 2 nitrogen and oxygen atoms in total. The van der Waals surface area contributed by atoms with Crippen molar-refractivity contribution in [2.45, 2.75) is 13.0 Å². The van der Waals surface area contributed by atoms with Crippen LogP contribution in [0.15, 0.2) is 12.1 Å². The number of hydrogen-bond donors (Lipinski definition) is 1. The minimum Gasteiger partial charge on any atom is -0.314 e. The largest absolute Gasteiger partial charge is 0.314 e. The van der Waals surface area contributed by atoms with Crippen molar-refractivity contribution < 1.29 is 4.39 Å². The molecule has 2 rings (SSSR count). The molecular weight excluding hydrogens is 298 g/mol. The Morgan fingerprint density at radius 3 is 2.50 bits per heavy atom. The highest BCUT2D eigenvalue weighted by molar-refractivity contribution is 6.42. The van der Waals surface area contributed by atoms with E-state index in [0.29, 0.717) is 15.6 Å². The van der Waals surface area contributed by atoms with Gasteiger partial charge in [-0.05, 0) is 19.1 Å². The van der Waals surface area contributed by atoms with Gasteiger partial charge < -0.3 is 5.32 Å². The van der Waals surface area contributed by atoms with Crippen LogP contribution in [0.5, 0.6) is 0 Å². The monoisotopic (exact) mass is 312 g/mol. The van der Waals surface area contributed by atoms with E-state index in [1.807, 2.05) is 6.92 Å². The lowest BCUT2D eigenvalue weighted by Gasteiger charge is -2.33. The first-order valence-corrected chi connectivity index (χ1v) is 6.45. The van der Waals surface area contributed by atoms with Crippen LogP contribution in [-0.4, -0.2) is 31.1 Å². The van der Waals surface area contributed by atoms with Gasteiger partial charge in [0.15, 0.2) is 0 Å². The SMILES string of the molecule is C[C@H](c1c(F)ccc(Cl)c1Cl)N1CCNCC1.Cl. The van der Waals surface area contributed by atoms with E-state index in [9.17, 15) is 4.39 Å². The van der Waals surface area contributed by atoms with Gasteiger partial charge in [0.2, 0.25) is 0 Å². The summed E-state index contributed by atoms with van der Waals surface area (Å²) in [6.07, 6.45) is 0. The van der Waals surface area contributed by atoms with E-state index in [4.69, 9.17) is 23.2 Å². The standard InChI is InChI=1S/C12H15Cl2FN2.ClH/c1-8(17-6-4-16-5-7-17)11-10(15)3-2-9(13)12(11)14;/h2-3,8,16H,4-7H2,1H3;1H/t8-;/m1./s1. The minimum absolute atomic E-state index is 0. The Bertz CT molecular complexity index is 409. The Balaban J connectivity index is 0.00000162. The Kier molecular flexibility index (Phi) is 6.15. The van der Waals surface area contributed by atoms with E-state index in [1.54, 1.807) is 0 Å². The molecule has 102 valence electrons. The number of nitrogens with zero attached hydrogens (tertiary/aromatic N) is 1. The fourth-order valence-electron chi connectivity index (χ4n) is 2.18. The van der Waals surface area contributed by atoms with Crippen LogP contribution in [0.4, 0.5) is 4.39 Å². The molecule has 1 aromatic carbocycles. The van der Waals surface area contributed by atoms with Crippen molar-refractivity contribution in [2.75, 3.05) is 26.2 Å². The third-order valence-electron chi connectivity index (χ3n) is 3.20. The van der Waals surface area contributed by atoms with Crippen LogP contribution < -0.4 is 5.32 Å². The molecular formula is C12H16Cl3FN2. The van der Waals surface area contributed by atoms with Crippen molar-refractivity contribution in [3.63, 3.8) is 0 Å². The molecule has 1 saturated heterocycles. The van der Waals surface area contributed by atoms with Crippen LogP contribution in [-0.2, 0) is 0 Å². The molecule has 1 aliphatic heterocycles. The van der Waals surface area contributed by atoms with Gasteiger partial charge in [-0.25, -0.2) is 4.39 Å². The van der Waals surface area contributed by atoms with E-state index >= 15 is 0 Å². The summed E-state index contributed by atoms with van der Waals surface area (Å²) < 4.78 is 13.9. The van der Waals surface area contributed by atoms with Crippen molar-refractivity contribution in [3.8, 4) is 0 Å². The lowest BCUT2D eigenvalue weighted by atomic mass is 10.1. The van der Waals surface area contributed by atoms with E-state index in [0.717, 1.165) is 26.2 Å². The summed E-state index contributed by atoms with van der Waals surface area (Å²) in [5.41, 5.74) is 0.501. The van der Waals surface area contributed by atoms with Gasteiger partial charge in [0, 0.05) is 37.8 Å². The fraction of sp³-hybridized carbons (Fsp3) is 0.500. The van der Waals surface area contributed by atoms with Crippen molar-refractivity contribution in [3.05, 3.63) is 33.6 Å². The maximum Gasteiger partial charge on any atom is 0.129 e. The van der Waals surface area contributed by atoms with E-state index in [2.05, 4.69) is 10.2 Å². The van der Waals surface area contributed by atoms with E-state index in [1.165, 1.54) is 12.1 Å². The topological polar surface area (TPSA) is 15.3 Å². The predicted octanol–water partition coefficient (Wildman–Crippen LogP) is 3.52. The van der Waals surface area contributed by atoms with Crippen LogP contribution >= 0.6 is 35.6 Å². The summed E-state index contributed by atoms with van der Waals surface area (Å²) in [6, 6.07) is 2.82. The van der Waals surface area contributed by atoms with Crippen LogP contribution in [0.1, 0.15) is 18.5 Å². The number of benzene rings is 1. The summed E-state index contributed by atoms with van der Waals surface area (Å²) in [7, 11) is 0. The van der Waals surface area contributed by atoms with Gasteiger partial charge in [0.1, 0.15) is 5.82 Å². The smallest absolute Gasteiger partial charge is 0.129 e. The summed E-state index contributed by atoms with van der Waals surface area (Å²) in [5.74, 6) is -0.287. The Hall–Kier alpha value is -0.0600. The third-order valence-corrected chi connectivity index (χ3v) is 4.02. The molecule has 0 aliphatic carbocycles. The molecule has 0 spiro atoms. The Morgan fingerprint density at radius 2 is 1.89 bits per heavy atom. The molecule has 1 fully saturated rings. The zero-order chi connectivity index (χ0) is 12.4. The highest BCUT2D eigenvalue weighted by Crippen LogP contribution is 2.34. The number of hydrogen-bond acceptors (Lipinski definition) is 2. The number of rotatable bonds is 2. The zero-order valence-corrected chi connectivity index (χ0v) is 12.4. The first kappa shape index (κ1) is 16.0. The number of halogens is 4. The molecule has 1 heterocycles. The molecule has 0 aromatic heterocycles. The molecule has 0 unspecified atom stereocenters. The summed E-state index contributed by atoms with van der Waals surface area (Å²) in [5, 5.41) is 4.01. The number of nitrogens with one attached hydrogen (secondary N) is 1. The second kappa shape index (κ2) is 6.92. The zero-order valence-electron chi connectivity index (χ0n) is 10.0. The quantitative estimate of drug-likeness (QED) is 0.841. The molecule has 1 N–H and O–H groups in total.